The van der Waals surface area contributed by atoms with Gasteiger partial charge in [-0.05, 0) is 99.0 Å². The molecule has 4 amide bonds. The van der Waals surface area contributed by atoms with Gasteiger partial charge in [0.2, 0.25) is 11.8 Å². The van der Waals surface area contributed by atoms with Crippen molar-refractivity contribution in [1.82, 2.24) is 0 Å². The molecule has 5 rings (SSSR count). The third-order valence-corrected chi connectivity index (χ3v) is 7.67. The number of rotatable bonds is 3. The van der Waals surface area contributed by atoms with Crippen molar-refractivity contribution in [2.45, 2.75) is 47.5 Å². The summed E-state index contributed by atoms with van der Waals surface area (Å²) < 4.78 is 0. The molecule has 0 spiro atoms. The standard InChI is InChI=1S/C29H28N2O4/c1-15-6-8-21(11-17(15)3)30-25(32)14-23(27(30)33)20-10-19(5)26-24(13-20)28(34)31(29(26)35)22-9-7-16(2)18(4)12-22/h6-12,20,23H,13-14H2,1-5H3. The first kappa shape index (κ1) is 23.0. The highest BCUT2D eigenvalue weighted by Crippen LogP contribution is 2.43. The second-order valence-corrected chi connectivity index (χ2v) is 9.93. The minimum absolute atomic E-state index is 0.0891. The average Bonchev–Trinajstić information content (AvgIpc) is 3.24. The average molecular weight is 469 g/mol. The zero-order valence-electron chi connectivity index (χ0n) is 20.6. The van der Waals surface area contributed by atoms with Gasteiger partial charge in [-0.1, -0.05) is 18.2 Å². The molecule has 0 aromatic heterocycles. The summed E-state index contributed by atoms with van der Waals surface area (Å²) in [6, 6.07) is 11.1. The fourth-order valence-electron chi connectivity index (χ4n) is 5.35. The quantitative estimate of drug-likeness (QED) is 0.616. The predicted octanol–water partition coefficient (Wildman–Crippen LogP) is 4.64. The molecule has 0 N–H and O–H groups in total. The molecule has 2 unspecified atom stereocenters. The normalized spacial score (nSPS) is 22.4. The second-order valence-electron chi connectivity index (χ2n) is 9.93. The third kappa shape index (κ3) is 3.55. The van der Waals surface area contributed by atoms with Crippen molar-refractivity contribution in [3.63, 3.8) is 0 Å². The van der Waals surface area contributed by atoms with E-state index in [1.54, 1.807) is 19.1 Å². The first-order chi connectivity index (χ1) is 16.6. The Kier molecular flexibility index (Phi) is 5.35. The first-order valence-corrected chi connectivity index (χ1v) is 11.9. The van der Waals surface area contributed by atoms with E-state index in [0.717, 1.165) is 22.3 Å². The van der Waals surface area contributed by atoms with Crippen molar-refractivity contribution in [2.24, 2.45) is 11.8 Å². The fourth-order valence-corrected chi connectivity index (χ4v) is 5.35. The third-order valence-electron chi connectivity index (χ3n) is 7.67. The number of carbonyl (C=O) groups is 4. The maximum atomic E-state index is 13.4. The summed E-state index contributed by atoms with van der Waals surface area (Å²) >= 11 is 0. The topological polar surface area (TPSA) is 74.8 Å². The Balaban J connectivity index is 1.42. The van der Waals surface area contributed by atoms with Crippen molar-refractivity contribution in [3.8, 4) is 0 Å². The van der Waals surface area contributed by atoms with Crippen molar-refractivity contribution in [3.05, 3.63) is 81.4 Å². The van der Waals surface area contributed by atoms with E-state index in [1.165, 1.54) is 9.80 Å². The molecule has 6 heteroatoms. The highest BCUT2D eigenvalue weighted by molar-refractivity contribution is 6.34. The molecule has 3 aliphatic rings. The van der Waals surface area contributed by atoms with Crippen molar-refractivity contribution in [2.75, 3.05) is 9.80 Å². The van der Waals surface area contributed by atoms with Crippen LogP contribution in [0.2, 0.25) is 0 Å². The Morgan fingerprint density at radius 1 is 0.686 bits per heavy atom. The predicted molar refractivity (Wildman–Crippen MR) is 134 cm³/mol. The highest BCUT2D eigenvalue weighted by Gasteiger charge is 2.48. The maximum Gasteiger partial charge on any atom is 0.266 e. The van der Waals surface area contributed by atoms with E-state index < -0.39 is 5.92 Å². The SMILES string of the molecule is CC1=CC(C2CC(=O)N(c3ccc(C)c(C)c3)C2=O)CC2=C1C(=O)N(c1ccc(C)c(C)c1)C2=O. The number of hydrogen-bond acceptors (Lipinski definition) is 4. The molecule has 1 fully saturated rings. The van der Waals surface area contributed by atoms with Gasteiger partial charge in [-0.3, -0.25) is 24.1 Å². The lowest BCUT2D eigenvalue weighted by atomic mass is 9.78. The summed E-state index contributed by atoms with van der Waals surface area (Å²) in [4.78, 5) is 55.5. The highest BCUT2D eigenvalue weighted by atomic mass is 16.2. The lowest BCUT2D eigenvalue weighted by molar-refractivity contribution is -0.123. The molecule has 2 atom stereocenters. The summed E-state index contributed by atoms with van der Waals surface area (Å²) in [5.74, 6) is -2.04. The van der Waals surface area contributed by atoms with Crippen LogP contribution < -0.4 is 9.80 Å². The monoisotopic (exact) mass is 468 g/mol. The van der Waals surface area contributed by atoms with Gasteiger partial charge < -0.3 is 0 Å². The number of imide groups is 2. The van der Waals surface area contributed by atoms with Crippen LogP contribution in [0, 0.1) is 39.5 Å². The summed E-state index contributed by atoms with van der Waals surface area (Å²) in [7, 11) is 0. The van der Waals surface area contributed by atoms with Crippen LogP contribution >= 0.6 is 0 Å². The zero-order valence-corrected chi connectivity index (χ0v) is 20.6. The van der Waals surface area contributed by atoms with Gasteiger partial charge >= 0.3 is 0 Å². The summed E-state index contributed by atoms with van der Waals surface area (Å²) in [5.41, 5.74) is 6.86. The maximum absolute atomic E-state index is 13.4. The van der Waals surface area contributed by atoms with Gasteiger partial charge in [-0.25, -0.2) is 4.90 Å². The van der Waals surface area contributed by atoms with E-state index in [-0.39, 0.29) is 42.4 Å². The lowest BCUT2D eigenvalue weighted by Crippen LogP contribution is -2.33. The molecule has 0 saturated carbocycles. The Labute approximate surface area is 204 Å². The van der Waals surface area contributed by atoms with E-state index in [4.69, 9.17) is 0 Å². The summed E-state index contributed by atoms with van der Waals surface area (Å²) in [5, 5.41) is 0. The van der Waals surface area contributed by atoms with Crippen LogP contribution in [0.25, 0.3) is 0 Å². The van der Waals surface area contributed by atoms with Crippen LogP contribution in [0.15, 0.2) is 59.2 Å². The molecule has 0 radical (unpaired) electrons. The number of carbonyl (C=O) groups excluding carboxylic acids is 4. The van der Waals surface area contributed by atoms with Gasteiger partial charge in [0.1, 0.15) is 0 Å². The van der Waals surface area contributed by atoms with Crippen molar-refractivity contribution in [1.29, 1.82) is 0 Å². The first-order valence-electron chi connectivity index (χ1n) is 11.9. The van der Waals surface area contributed by atoms with Crippen molar-refractivity contribution < 1.29 is 19.2 Å². The van der Waals surface area contributed by atoms with E-state index in [9.17, 15) is 19.2 Å². The molecule has 2 aromatic rings. The molecule has 35 heavy (non-hydrogen) atoms. The smallest absolute Gasteiger partial charge is 0.266 e. The number of anilines is 2. The summed E-state index contributed by atoms with van der Waals surface area (Å²) in [6.45, 7) is 9.67. The molecular weight excluding hydrogens is 440 g/mol. The largest absolute Gasteiger partial charge is 0.274 e. The van der Waals surface area contributed by atoms with Crippen LogP contribution in [-0.2, 0) is 19.2 Å². The van der Waals surface area contributed by atoms with Gasteiger partial charge in [0.25, 0.3) is 11.8 Å². The van der Waals surface area contributed by atoms with Crippen LogP contribution in [0.1, 0.15) is 42.0 Å². The minimum Gasteiger partial charge on any atom is -0.274 e. The number of nitrogens with zero attached hydrogens (tertiary/aromatic N) is 2. The number of hydrogen-bond donors (Lipinski definition) is 0. The molecule has 2 heterocycles. The van der Waals surface area contributed by atoms with Gasteiger partial charge in [0.15, 0.2) is 0 Å². The number of allylic oxidation sites excluding steroid dienone is 1. The molecule has 2 aliphatic heterocycles. The van der Waals surface area contributed by atoms with E-state index in [0.29, 0.717) is 28.1 Å². The molecule has 1 aliphatic carbocycles. The fraction of sp³-hybridized carbons (Fsp3) is 0.310. The van der Waals surface area contributed by atoms with E-state index in [1.807, 2.05) is 58.0 Å². The van der Waals surface area contributed by atoms with Crippen LogP contribution in [-0.4, -0.2) is 23.6 Å². The van der Waals surface area contributed by atoms with Gasteiger partial charge in [0, 0.05) is 12.0 Å². The van der Waals surface area contributed by atoms with Gasteiger partial charge in [-0.2, -0.15) is 0 Å². The van der Waals surface area contributed by atoms with Crippen LogP contribution in [0.4, 0.5) is 11.4 Å². The number of benzene rings is 2. The van der Waals surface area contributed by atoms with E-state index >= 15 is 0 Å². The Bertz CT molecular complexity index is 1400. The zero-order chi connectivity index (χ0) is 25.2. The van der Waals surface area contributed by atoms with Gasteiger partial charge in [-0.15, -0.1) is 0 Å². The number of aryl methyl sites for hydroxylation is 4. The molecule has 0 bridgehead atoms. The Morgan fingerprint density at radius 3 is 1.83 bits per heavy atom. The molecule has 1 saturated heterocycles. The second kappa shape index (κ2) is 8.15. The molecule has 178 valence electrons. The molecule has 6 nitrogen and oxygen atoms in total. The molecular formula is C29H28N2O4. The number of amides is 4. The lowest BCUT2D eigenvalue weighted by Gasteiger charge is -2.24. The Hall–Kier alpha value is -3.80. The van der Waals surface area contributed by atoms with E-state index in [2.05, 4.69) is 0 Å². The van der Waals surface area contributed by atoms with Gasteiger partial charge in [0.05, 0.1) is 22.9 Å². The molecule has 2 aromatic carbocycles. The van der Waals surface area contributed by atoms with Crippen molar-refractivity contribution >= 4 is 35.0 Å². The van der Waals surface area contributed by atoms with Crippen LogP contribution in [0.5, 0.6) is 0 Å². The summed E-state index contributed by atoms with van der Waals surface area (Å²) in [6.07, 6.45) is 2.25. The minimum atomic E-state index is -0.563. The van der Waals surface area contributed by atoms with Crippen LogP contribution in [0.3, 0.4) is 0 Å². The Morgan fingerprint density at radius 2 is 1.26 bits per heavy atom.